The summed E-state index contributed by atoms with van der Waals surface area (Å²) in [4.78, 5) is 31.1. The number of piperidine rings is 1. The van der Waals surface area contributed by atoms with E-state index in [1.807, 2.05) is 48.2 Å². The lowest BCUT2D eigenvalue weighted by Crippen LogP contribution is -2.30. The van der Waals surface area contributed by atoms with Gasteiger partial charge in [0.05, 0.1) is 4.92 Å². The van der Waals surface area contributed by atoms with Gasteiger partial charge in [0, 0.05) is 36.0 Å². The lowest BCUT2D eigenvalue weighted by molar-refractivity contribution is -0.384. The maximum Gasteiger partial charge on any atom is 0.293 e. The van der Waals surface area contributed by atoms with Crippen molar-refractivity contribution >= 4 is 34.1 Å². The highest BCUT2D eigenvalue weighted by Gasteiger charge is 2.23. The zero-order valence-corrected chi connectivity index (χ0v) is 20.4. The Bertz CT molecular complexity index is 1450. The van der Waals surface area contributed by atoms with Gasteiger partial charge in [0.1, 0.15) is 11.2 Å². The number of aryl methyl sites for hydroxylation is 2. The Morgan fingerprint density at radius 1 is 1.08 bits per heavy atom. The predicted molar refractivity (Wildman–Crippen MR) is 141 cm³/mol. The number of anilines is 2. The molecule has 1 aliphatic heterocycles. The second kappa shape index (κ2) is 9.81. The summed E-state index contributed by atoms with van der Waals surface area (Å²) >= 11 is 0. The van der Waals surface area contributed by atoms with Crippen LogP contribution in [0, 0.1) is 17.0 Å². The van der Waals surface area contributed by atoms with E-state index in [4.69, 9.17) is 4.42 Å². The number of fused-ring (bicyclic) bond motifs is 1. The summed E-state index contributed by atoms with van der Waals surface area (Å²) in [6.07, 6.45) is 4.06. The van der Waals surface area contributed by atoms with Crippen molar-refractivity contribution in [3.05, 3.63) is 81.4 Å². The topological polar surface area (TPSA) is 102 Å². The summed E-state index contributed by atoms with van der Waals surface area (Å²) in [5, 5.41) is 14.7. The standard InChI is InChI=1S/C28H28N4O4/c1-3-19-8-12-26-23(15-19)30-28(36-26)21-9-7-18(2)22(16-21)29-27(33)20-10-11-24(25(17-20)32(34)35)31-13-5-4-6-14-31/h7-12,15-17H,3-6,13-14H2,1-2H3,(H,29,33). The highest BCUT2D eigenvalue weighted by Crippen LogP contribution is 2.32. The third kappa shape index (κ3) is 4.66. The average Bonchev–Trinajstić information content (AvgIpc) is 3.33. The molecule has 2 heterocycles. The molecule has 1 fully saturated rings. The minimum absolute atomic E-state index is 0.0482. The van der Waals surface area contributed by atoms with Crippen molar-refractivity contribution in [2.45, 2.75) is 39.5 Å². The molecule has 1 amide bonds. The highest BCUT2D eigenvalue weighted by molar-refractivity contribution is 6.05. The number of aromatic nitrogens is 1. The molecule has 1 saturated heterocycles. The molecule has 0 spiro atoms. The van der Waals surface area contributed by atoms with Crippen LogP contribution in [0.3, 0.4) is 0 Å². The average molecular weight is 485 g/mol. The normalized spacial score (nSPS) is 13.7. The molecule has 3 aromatic carbocycles. The first-order chi connectivity index (χ1) is 17.4. The number of oxazole rings is 1. The number of rotatable bonds is 6. The van der Waals surface area contributed by atoms with E-state index in [9.17, 15) is 14.9 Å². The van der Waals surface area contributed by atoms with Crippen LogP contribution in [0.25, 0.3) is 22.6 Å². The Balaban J connectivity index is 1.41. The van der Waals surface area contributed by atoms with E-state index in [1.54, 1.807) is 12.1 Å². The van der Waals surface area contributed by atoms with E-state index in [0.29, 0.717) is 22.8 Å². The number of nitrogens with zero attached hydrogens (tertiary/aromatic N) is 3. The van der Waals surface area contributed by atoms with Crippen molar-refractivity contribution in [3.8, 4) is 11.5 Å². The fourth-order valence-electron chi connectivity index (χ4n) is 4.61. The second-order valence-electron chi connectivity index (χ2n) is 9.17. The van der Waals surface area contributed by atoms with E-state index in [2.05, 4.69) is 17.2 Å². The fourth-order valence-corrected chi connectivity index (χ4v) is 4.61. The third-order valence-corrected chi connectivity index (χ3v) is 6.72. The van der Waals surface area contributed by atoms with Gasteiger partial charge in [0.15, 0.2) is 5.58 Å². The van der Waals surface area contributed by atoms with E-state index >= 15 is 0 Å². The van der Waals surface area contributed by atoms with Crippen LogP contribution in [0.1, 0.15) is 47.7 Å². The first kappa shape index (κ1) is 23.5. The van der Waals surface area contributed by atoms with Gasteiger partial charge >= 0.3 is 0 Å². The van der Waals surface area contributed by atoms with Crippen LogP contribution in [0.15, 0.2) is 59.0 Å². The number of carbonyl (C=O) groups excluding carboxylic acids is 1. The molecule has 8 nitrogen and oxygen atoms in total. The maximum absolute atomic E-state index is 13.1. The number of hydrogen-bond acceptors (Lipinski definition) is 6. The summed E-state index contributed by atoms with van der Waals surface area (Å²) < 4.78 is 5.95. The summed E-state index contributed by atoms with van der Waals surface area (Å²) in [6.45, 7) is 5.55. The number of carbonyl (C=O) groups is 1. The van der Waals surface area contributed by atoms with Crippen molar-refractivity contribution in [3.63, 3.8) is 0 Å². The van der Waals surface area contributed by atoms with Gasteiger partial charge in [-0.2, -0.15) is 0 Å². The molecule has 0 aliphatic carbocycles. The van der Waals surface area contributed by atoms with Crippen LogP contribution in [0.2, 0.25) is 0 Å². The van der Waals surface area contributed by atoms with Crippen LogP contribution in [0.4, 0.5) is 17.1 Å². The molecule has 1 aromatic heterocycles. The molecule has 0 atom stereocenters. The predicted octanol–water partition coefficient (Wildman–Crippen LogP) is 6.52. The number of nitrogens with one attached hydrogen (secondary N) is 1. The minimum Gasteiger partial charge on any atom is -0.436 e. The van der Waals surface area contributed by atoms with Crippen LogP contribution < -0.4 is 10.2 Å². The smallest absolute Gasteiger partial charge is 0.293 e. The van der Waals surface area contributed by atoms with E-state index in [0.717, 1.165) is 55.4 Å². The monoisotopic (exact) mass is 484 g/mol. The van der Waals surface area contributed by atoms with Gasteiger partial charge < -0.3 is 14.6 Å². The minimum atomic E-state index is -0.413. The van der Waals surface area contributed by atoms with Gasteiger partial charge in [0.2, 0.25) is 5.89 Å². The van der Waals surface area contributed by atoms with Gasteiger partial charge in [-0.25, -0.2) is 4.98 Å². The Morgan fingerprint density at radius 2 is 1.89 bits per heavy atom. The quantitative estimate of drug-likeness (QED) is 0.247. The van der Waals surface area contributed by atoms with Gasteiger partial charge in [-0.1, -0.05) is 19.1 Å². The fraction of sp³-hybridized carbons (Fsp3) is 0.286. The molecule has 36 heavy (non-hydrogen) atoms. The molecule has 0 unspecified atom stereocenters. The molecule has 184 valence electrons. The SMILES string of the molecule is CCc1ccc2oc(-c3ccc(C)c(NC(=O)c4ccc(N5CCCCC5)c([N+](=O)[O-])c4)c3)nc2c1. The van der Waals surface area contributed by atoms with Gasteiger partial charge in [-0.15, -0.1) is 0 Å². The Labute approximate surface area is 209 Å². The molecule has 5 rings (SSSR count). The van der Waals surface area contributed by atoms with Crippen molar-refractivity contribution < 1.29 is 14.1 Å². The first-order valence-corrected chi connectivity index (χ1v) is 12.3. The Kier molecular flexibility index (Phi) is 6.41. The van der Waals surface area contributed by atoms with Crippen LogP contribution in [-0.4, -0.2) is 28.9 Å². The number of hydrogen-bond donors (Lipinski definition) is 1. The lowest BCUT2D eigenvalue weighted by Gasteiger charge is -2.28. The van der Waals surface area contributed by atoms with E-state index < -0.39 is 10.8 Å². The number of benzene rings is 3. The molecular formula is C28H28N4O4. The highest BCUT2D eigenvalue weighted by atomic mass is 16.6. The second-order valence-corrected chi connectivity index (χ2v) is 9.17. The van der Waals surface area contributed by atoms with E-state index in [1.165, 1.54) is 11.6 Å². The maximum atomic E-state index is 13.1. The number of amides is 1. The summed E-state index contributed by atoms with van der Waals surface area (Å²) in [5.41, 5.74) is 5.61. The van der Waals surface area contributed by atoms with Gasteiger partial charge in [-0.3, -0.25) is 14.9 Å². The molecule has 0 bridgehead atoms. The zero-order chi connectivity index (χ0) is 25.2. The lowest BCUT2D eigenvalue weighted by atomic mass is 10.1. The van der Waals surface area contributed by atoms with Gasteiger partial charge in [-0.05, 0) is 80.1 Å². The van der Waals surface area contributed by atoms with Gasteiger partial charge in [0.25, 0.3) is 11.6 Å². The Hall–Kier alpha value is -4.20. The summed E-state index contributed by atoms with van der Waals surface area (Å²) in [5.74, 6) is 0.0592. The van der Waals surface area contributed by atoms with Crippen molar-refractivity contribution in [2.75, 3.05) is 23.3 Å². The summed E-state index contributed by atoms with van der Waals surface area (Å²) in [7, 11) is 0. The molecular weight excluding hydrogens is 456 g/mol. The molecule has 1 N–H and O–H groups in total. The van der Waals surface area contributed by atoms with Crippen molar-refractivity contribution in [1.29, 1.82) is 0 Å². The van der Waals surface area contributed by atoms with Crippen LogP contribution >= 0.6 is 0 Å². The Morgan fingerprint density at radius 3 is 2.64 bits per heavy atom. The third-order valence-electron chi connectivity index (χ3n) is 6.72. The van der Waals surface area contributed by atoms with E-state index in [-0.39, 0.29) is 11.3 Å². The number of nitro benzene ring substituents is 1. The largest absolute Gasteiger partial charge is 0.436 e. The zero-order valence-electron chi connectivity index (χ0n) is 20.4. The molecule has 0 saturated carbocycles. The van der Waals surface area contributed by atoms with Crippen molar-refractivity contribution in [2.24, 2.45) is 0 Å². The molecule has 0 radical (unpaired) electrons. The molecule has 4 aromatic rings. The van der Waals surface area contributed by atoms with Crippen LogP contribution in [0.5, 0.6) is 0 Å². The van der Waals surface area contributed by atoms with Crippen molar-refractivity contribution in [1.82, 2.24) is 4.98 Å². The molecule has 8 heteroatoms. The number of nitro groups is 1. The first-order valence-electron chi connectivity index (χ1n) is 12.3. The summed E-state index contributed by atoms with van der Waals surface area (Å²) in [6, 6.07) is 16.3. The van der Waals surface area contributed by atoms with Crippen LogP contribution in [-0.2, 0) is 6.42 Å². The molecule has 1 aliphatic rings.